The summed E-state index contributed by atoms with van der Waals surface area (Å²) in [6, 6.07) is 7.51. The van der Waals surface area contributed by atoms with E-state index in [0.29, 0.717) is 5.69 Å². The van der Waals surface area contributed by atoms with Gasteiger partial charge < -0.3 is 5.11 Å². The minimum atomic E-state index is -1.30. The first-order valence-corrected chi connectivity index (χ1v) is 4.29. The Morgan fingerprint density at radius 2 is 2.21 bits per heavy atom. The quantitative estimate of drug-likeness (QED) is 0.661. The average molecular weight is 186 g/mol. The summed E-state index contributed by atoms with van der Waals surface area (Å²) in [5.41, 5.74) is 0.0736. The highest BCUT2D eigenvalue weighted by Gasteiger charge is 2.24. The lowest BCUT2D eigenvalue weighted by Gasteiger charge is -2.13. The van der Waals surface area contributed by atoms with Gasteiger partial charge in [0.1, 0.15) is 0 Å². The molecule has 0 amide bonds. The topological polar surface area (TPSA) is 48.9 Å². The lowest BCUT2D eigenvalue weighted by Crippen LogP contribution is -2.18. The monoisotopic (exact) mass is 186 g/mol. The van der Waals surface area contributed by atoms with Crippen LogP contribution in [0.3, 0.4) is 0 Å². The second kappa shape index (κ2) is 2.86. The summed E-state index contributed by atoms with van der Waals surface area (Å²) in [6.45, 7) is 1.56. The smallest absolute Gasteiger partial charge is 0.164 e. The third kappa shape index (κ3) is 1.17. The molecular weight excluding hydrogens is 176 g/mol. The molecule has 3 heteroatoms. The van der Waals surface area contributed by atoms with Crippen LogP contribution in [0.4, 0.5) is 0 Å². The van der Waals surface area contributed by atoms with E-state index in [-0.39, 0.29) is 0 Å². The van der Waals surface area contributed by atoms with Gasteiger partial charge in [-0.2, -0.15) is 5.10 Å². The Morgan fingerprint density at radius 3 is 2.93 bits per heavy atom. The highest BCUT2D eigenvalue weighted by atomic mass is 16.3. The summed E-state index contributed by atoms with van der Waals surface area (Å²) in [5, 5.41) is 17.5. The molecule has 0 fully saturated rings. The number of benzene rings is 1. The molecule has 2 rings (SSSR count). The van der Waals surface area contributed by atoms with Gasteiger partial charge in [-0.15, -0.1) is 6.42 Å². The van der Waals surface area contributed by atoms with Crippen molar-refractivity contribution >= 4 is 10.9 Å². The van der Waals surface area contributed by atoms with Gasteiger partial charge >= 0.3 is 0 Å². The fraction of sp³-hybridized carbons (Fsp3) is 0.182. The maximum absolute atomic E-state index is 9.87. The van der Waals surface area contributed by atoms with Gasteiger partial charge in [0.25, 0.3) is 0 Å². The number of aromatic amines is 1. The van der Waals surface area contributed by atoms with Crippen LogP contribution in [0.15, 0.2) is 24.3 Å². The van der Waals surface area contributed by atoms with Crippen LogP contribution in [-0.4, -0.2) is 15.3 Å². The molecule has 1 unspecified atom stereocenters. The molecule has 70 valence electrons. The molecule has 1 atom stereocenters. The maximum Gasteiger partial charge on any atom is 0.164 e. The first-order chi connectivity index (χ1) is 6.65. The number of terminal acetylenes is 1. The van der Waals surface area contributed by atoms with Gasteiger partial charge in [0.05, 0.1) is 11.2 Å². The van der Waals surface area contributed by atoms with Crippen molar-refractivity contribution in [2.24, 2.45) is 0 Å². The second-order valence-corrected chi connectivity index (χ2v) is 3.33. The summed E-state index contributed by atoms with van der Waals surface area (Å²) in [4.78, 5) is 0. The molecule has 14 heavy (non-hydrogen) atoms. The summed E-state index contributed by atoms with van der Waals surface area (Å²) in [6.07, 6.45) is 5.24. The van der Waals surface area contributed by atoms with Crippen LogP contribution in [0.2, 0.25) is 0 Å². The van der Waals surface area contributed by atoms with E-state index in [1.54, 1.807) is 6.92 Å². The van der Waals surface area contributed by atoms with Gasteiger partial charge in [0, 0.05) is 5.39 Å². The molecule has 0 aliphatic heterocycles. The number of para-hydroxylation sites is 1. The van der Waals surface area contributed by atoms with Crippen LogP contribution in [0.25, 0.3) is 10.9 Å². The van der Waals surface area contributed by atoms with Crippen molar-refractivity contribution in [3.8, 4) is 12.3 Å². The molecule has 1 heterocycles. The lowest BCUT2D eigenvalue weighted by molar-refractivity contribution is 0.119. The Bertz CT molecular complexity index is 505. The van der Waals surface area contributed by atoms with Gasteiger partial charge in [-0.25, -0.2) is 0 Å². The largest absolute Gasteiger partial charge is 0.372 e. The summed E-state index contributed by atoms with van der Waals surface area (Å²) >= 11 is 0. The highest BCUT2D eigenvalue weighted by molar-refractivity contribution is 5.82. The Hall–Kier alpha value is -1.79. The van der Waals surface area contributed by atoms with Gasteiger partial charge in [-0.05, 0) is 13.0 Å². The first kappa shape index (κ1) is 8.79. The van der Waals surface area contributed by atoms with E-state index in [0.717, 1.165) is 10.9 Å². The molecular formula is C11H10N2O. The number of rotatable bonds is 1. The van der Waals surface area contributed by atoms with Crippen LogP contribution in [-0.2, 0) is 5.60 Å². The standard InChI is InChI=1S/C11H10N2O/c1-3-11(2,14)10-8-6-4-5-7-9(8)12-13-10/h1,4-7,14H,2H3,(H,12,13). The zero-order valence-corrected chi connectivity index (χ0v) is 7.78. The Balaban J connectivity index is 2.72. The molecule has 1 aromatic carbocycles. The zero-order valence-electron chi connectivity index (χ0n) is 7.78. The number of fused-ring (bicyclic) bond motifs is 1. The molecule has 0 aliphatic rings. The highest BCUT2D eigenvalue weighted by Crippen LogP contribution is 2.25. The molecule has 0 aliphatic carbocycles. The van der Waals surface area contributed by atoms with Crippen LogP contribution in [0.5, 0.6) is 0 Å². The Kier molecular flexibility index (Phi) is 1.80. The predicted octanol–water partition coefficient (Wildman–Crippen LogP) is 1.40. The van der Waals surface area contributed by atoms with E-state index in [4.69, 9.17) is 6.42 Å². The van der Waals surface area contributed by atoms with Crippen molar-refractivity contribution in [2.75, 3.05) is 0 Å². The molecule has 3 nitrogen and oxygen atoms in total. The van der Waals surface area contributed by atoms with Gasteiger partial charge in [-0.3, -0.25) is 5.10 Å². The van der Waals surface area contributed by atoms with Gasteiger partial charge in [0.2, 0.25) is 0 Å². The lowest BCUT2D eigenvalue weighted by atomic mass is 10.0. The van der Waals surface area contributed by atoms with E-state index in [9.17, 15) is 5.11 Å². The minimum Gasteiger partial charge on any atom is -0.372 e. The van der Waals surface area contributed by atoms with E-state index in [2.05, 4.69) is 16.1 Å². The van der Waals surface area contributed by atoms with Crippen molar-refractivity contribution in [3.05, 3.63) is 30.0 Å². The second-order valence-electron chi connectivity index (χ2n) is 3.33. The molecule has 0 radical (unpaired) electrons. The molecule has 0 spiro atoms. The van der Waals surface area contributed by atoms with Crippen molar-refractivity contribution in [1.82, 2.24) is 10.2 Å². The molecule has 0 bridgehead atoms. The molecule has 2 aromatic rings. The minimum absolute atomic E-state index is 0.565. The van der Waals surface area contributed by atoms with Crippen LogP contribution < -0.4 is 0 Å². The third-order valence-electron chi connectivity index (χ3n) is 2.23. The number of aromatic nitrogens is 2. The summed E-state index contributed by atoms with van der Waals surface area (Å²) in [5.74, 6) is 2.32. The molecule has 0 saturated heterocycles. The number of hydrogen-bond acceptors (Lipinski definition) is 2. The normalized spacial score (nSPS) is 14.9. The average Bonchev–Trinajstić information content (AvgIpc) is 2.61. The number of nitrogens with zero attached hydrogens (tertiary/aromatic N) is 1. The number of aliphatic hydroxyl groups is 1. The van der Waals surface area contributed by atoms with E-state index >= 15 is 0 Å². The predicted molar refractivity (Wildman–Crippen MR) is 54.5 cm³/mol. The number of hydrogen-bond donors (Lipinski definition) is 2. The number of nitrogens with one attached hydrogen (secondary N) is 1. The van der Waals surface area contributed by atoms with Crippen LogP contribution in [0, 0.1) is 12.3 Å². The Labute approximate surface area is 81.8 Å². The van der Waals surface area contributed by atoms with Crippen LogP contribution in [0.1, 0.15) is 12.6 Å². The third-order valence-corrected chi connectivity index (χ3v) is 2.23. The summed E-state index contributed by atoms with van der Waals surface area (Å²) in [7, 11) is 0. The van der Waals surface area contributed by atoms with Gasteiger partial charge in [-0.1, -0.05) is 24.1 Å². The van der Waals surface area contributed by atoms with Gasteiger partial charge in [0.15, 0.2) is 5.60 Å². The van der Waals surface area contributed by atoms with Crippen molar-refractivity contribution in [2.45, 2.75) is 12.5 Å². The zero-order chi connectivity index (χ0) is 10.2. The van der Waals surface area contributed by atoms with E-state index in [1.165, 1.54) is 0 Å². The fourth-order valence-corrected chi connectivity index (χ4v) is 1.40. The van der Waals surface area contributed by atoms with Crippen molar-refractivity contribution in [3.63, 3.8) is 0 Å². The summed E-state index contributed by atoms with van der Waals surface area (Å²) < 4.78 is 0. The Morgan fingerprint density at radius 1 is 1.50 bits per heavy atom. The maximum atomic E-state index is 9.87. The fourth-order valence-electron chi connectivity index (χ4n) is 1.40. The SMILES string of the molecule is C#CC(C)(O)c1[nH]nc2ccccc12. The van der Waals surface area contributed by atoms with Crippen LogP contribution >= 0.6 is 0 Å². The van der Waals surface area contributed by atoms with Crippen molar-refractivity contribution < 1.29 is 5.11 Å². The van der Waals surface area contributed by atoms with E-state index in [1.807, 2.05) is 24.3 Å². The number of H-pyrrole nitrogens is 1. The van der Waals surface area contributed by atoms with Crippen molar-refractivity contribution in [1.29, 1.82) is 0 Å². The molecule has 2 N–H and O–H groups in total. The van der Waals surface area contributed by atoms with E-state index < -0.39 is 5.60 Å². The molecule has 0 saturated carbocycles. The first-order valence-electron chi connectivity index (χ1n) is 4.29. The molecule has 1 aromatic heterocycles.